The molecule has 0 spiro atoms. The molecule has 3 heteroatoms. The van der Waals surface area contributed by atoms with Crippen LogP contribution in [0.1, 0.15) is 22.6 Å². The number of carboxylic acids is 1. The highest BCUT2D eigenvalue weighted by atomic mass is 16.4. The molecule has 1 atom stereocenters. The van der Waals surface area contributed by atoms with Gasteiger partial charge in [0.15, 0.2) is 0 Å². The number of benzene rings is 2. The van der Waals surface area contributed by atoms with E-state index >= 15 is 0 Å². The Balaban J connectivity index is 1.85. The van der Waals surface area contributed by atoms with Gasteiger partial charge in [0.25, 0.3) is 0 Å². The van der Waals surface area contributed by atoms with Gasteiger partial charge in [0.1, 0.15) is 0 Å². The minimum atomic E-state index is -0.788. The number of aliphatic carboxylic acids is 1. The molecule has 0 saturated heterocycles. The fourth-order valence-corrected chi connectivity index (χ4v) is 2.38. The summed E-state index contributed by atoms with van der Waals surface area (Å²) in [6.45, 7) is 3.30. The van der Waals surface area contributed by atoms with E-state index in [-0.39, 0.29) is 0 Å². The number of nitrogens with one attached hydrogen (secondary N) is 1. The monoisotopic (exact) mass is 283 g/mol. The Hall–Kier alpha value is -2.13. The number of aryl methyl sites for hydroxylation is 1. The van der Waals surface area contributed by atoms with Gasteiger partial charge < -0.3 is 10.4 Å². The molecule has 0 aliphatic heterocycles. The molecule has 110 valence electrons. The van der Waals surface area contributed by atoms with E-state index in [9.17, 15) is 9.90 Å². The highest BCUT2D eigenvalue weighted by Gasteiger charge is 2.18. The molecule has 0 fully saturated rings. The van der Waals surface area contributed by atoms with Crippen LogP contribution in [-0.4, -0.2) is 24.2 Å². The lowest BCUT2D eigenvalue weighted by Gasteiger charge is -2.14. The second-order valence-electron chi connectivity index (χ2n) is 5.24. The van der Waals surface area contributed by atoms with Crippen molar-refractivity contribution in [3.63, 3.8) is 0 Å². The van der Waals surface area contributed by atoms with Crippen LogP contribution in [0.25, 0.3) is 0 Å². The van der Waals surface area contributed by atoms with E-state index in [0.717, 1.165) is 18.5 Å². The Kier molecular flexibility index (Phi) is 5.52. The first-order valence-corrected chi connectivity index (χ1v) is 7.21. The predicted octanol–water partition coefficient (Wildman–Crippen LogP) is 3.00. The fourth-order valence-electron chi connectivity index (χ4n) is 2.38. The number of hydrogen-bond acceptors (Lipinski definition) is 2. The molecule has 2 rings (SSSR count). The molecule has 0 saturated carbocycles. The number of hydrogen-bond donors (Lipinski definition) is 2. The van der Waals surface area contributed by atoms with Crippen molar-refractivity contribution < 1.29 is 9.90 Å². The lowest BCUT2D eigenvalue weighted by Crippen LogP contribution is -2.28. The van der Waals surface area contributed by atoms with Crippen molar-refractivity contribution >= 4 is 5.97 Å². The molecule has 0 heterocycles. The van der Waals surface area contributed by atoms with Gasteiger partial charge in [-0.15, -0.1) is 0 Å². The third-order valence-corrected chi connectivity index (χ3v) is 3.52. The van der Waals surface area contributed by atoms with Crippen LogP contribution in [0.15, 0.2) is 54.6 Å². The van der Waals surface area contributed by atoms with Crippen LogP contribution in [0.3, 0.4) is 0 Å². The summed E-state index contributed by atoms with van der Waals surface area (Å²) in [5.41, 5.74) is 3.36. The van der Waals surface area contributed by atoms with Gasteiger partial charge in [0.2, 0.25) is 0 Å². The molecule has 3 nitrogen and oxygen atoms in total. The molecule has 0 aliphatic carbocycles. The zero-order valence-electron chi connectivity index (χ0n) is 12.3. The summed E-state index contributed by atoms with van der Waals surface area (Å²) in [5.74, 6) is -1.28. The second-order valence-corrected chi connectivity index (χ2v) is 5.24. The second kappa shape index (κ2) is 7.60. The minimum Gasteiger partial charge on any atom is -0.481 e. The molecule has 0 bridgehead atoms. The largest absolute Gasteiger partial charge is 0.481 e. The average Bonchev–Trinajstić information content (AvgIpc) is 2.48. The topological polar surface area (TPSA) is 49.3 Å². The summed E-state index contributed by atoms with van der Waals surface area (Å²) in [6.07, 6.45) is 0.906. The fraction of sp³-hybridized carbons (Fsp3) is 0.278. The number of carbonyl (C=O) groups is 1. The maximum absolute atomic E-state index is 11.4. The molecule has 1 unspecified atom stereocenters. The van der Waals surface area contributed by atoms with Crippen LogP contribution in [0.2, 0.25) is 0 Å². The van der Waals surface area contributed by atoms with Crippen molar-refractivity contribution in [2.45, 2.75) is 19.3 Å². The van der Waals surface area contributed by atoms with E-state index in [1.807, 2.05) is 30.3 Å². The first-order valence-electron chi connectivity index (χ1n) is 7.21. The van der Waals surface area contributed by atoms with Crippen LogP contribution < -0.4 is 5.32 Å². The van der Waals surface area contributed by atoms with Gasteiger partial charge in [-0.25, -0.2) is 0 Å². The van der Waals surface area contributed by atoms with E-state index in [0.29, 0.717) is 6.54 Å². The summed E-state index contributed by atoms with van der Waals surface area (Å²) in [7, 11) is 0. The van der Waals surface area contributed by atoms with Crippen LogP contribution in [0.5, 0.6) is 0 Å². The summed E-state index contributed by atoms with van der Waals surface area (Å²) in [4.78, 5) is 11.4. The SMILES string of the molecule is Cc1cccc(CCNCC(C(=O)O)c2ccccc2)c1. The molecular weight excluding hydrogens is 262 g/mol. The standard InChI is InChI=1S/C18H21NO2/c1-14-6-5-7-15(12-14)10-11-19-13-17(18(20)21)16-8-3-2-4-9-16/h2-9,12,17,19H,10-11,13H2,1H3,(H,20,21). The Bertz CT molecular complexity index is 581. The van der Waals surface area contributed by atoms with Crippen molar-refractivity contribution in [2.24, 2.45) is 0 Å². The lowest BCUT2D eigenvalue weighted by molar-refractivity contribution is -0.138. The molecule has 0 aliphatic rings. The van der Waals surface area contributed by atoms with E-state index in [2.05, 4.69) is 36.5 Å². The lowest BCUT2D eigenvalue weighted by atomic mass is 9.99. The van der Waals surface area contributed by atoms with Crippen molar-refractivity contribution in [1.82, 2.24) is 5.32 Å². The number of rotatable bonds is 7. The average molecular weight is 283 g/mol. The number of carboxylic acid groups (broad SMARTS) is 1. The first kappa shape index (κ1) is 15.3. The van der Waals surface area contributed by atoms with Crippen LogP contribution in [0, 0.1) is 6.92 Å². The zero-order chi connectivity index (χ0) is 15.1. The maximum Gasteiger partial charge on any atom is 0.312 e. The molecule has 2 aromatic carbocycles. The molecule has 2 aromatic rings. The molecule has 0 aromatic heterocycles. The van der Waals surface area contributed by atoms with Crippen LogP contribution >= 0.6 is 0 Å². The van der Waals surface area contributed by atoms with Gasteiger partial charge in [-0.3, -0.25) is 4.79 Å². The quantitative estimate of drug-likeness (QED) is 0.768. The van der Waals surface area contributed by atoms with E-state index in [1.54, 1.807) is 0 Å². The van der Waals surface area contributed by atoms with Gasteiger partial charge in [0, 0.05) is 6.54 Å². The molecule has 0 amide bonds. The highest BCUT2D eigenvalue weighted by Crippen LogP contribution is 2.14. The summed E-state index contributed by atoms with van der Waals surface area (Å²) < 4.78 is 0. The first-order chi connectivity index (χ1) is 10.2. The van der Waals surface area contributed by atoms with Gasteiger partial charge in [-0.2, -0.15) is 0 Å². The summed E-state index contributed by atoms with van der Waals surface area (Å²) >= 11 is 0. The van der Waals surface area contributed by atoms with Crippen LogP contribution in [-0.2, 0) is 11.2 Å². The third kappa shape index (κ3) is 4.72. The van der Waals surface area contributed by atoms with Crippen molar-refractivity contribution in [3.8, 4) is 0 Å². The van der Waals surface area contributed by atoms with Crippen molar-refractivity contribution in [2.75, 3.05) is 13.1 Å². The Morgan fingerprint density at radius 1 is 1.14 bits per heavy atom. The zero-order valence-corrected chi connectivity index (χ0v) is 12.3. The summed E-state index contributed by atoms with van der Waals surface area (Å²) in [6, 6.07) is 17.8. The Morgan fingerprint density at radius 2 is 1.90 bits per heavy atom. The highest BCUT2D eigenvalue weighted by molar-refractivity contribution is 5.76. The molecule has 2 N–H and O–H groups in total. The minimum absolute atomic E-state index is 0.450. The van der Waals surface area contributed by atoms with Gasteiger partial charge in [-0.05, 0) is 31.0 Å². The normalized spacial score (nSPS) is 12.0. The Labute approximate surface area is 125 Å². The third-order valence-electron chi connectivity index (χ3n) is 3.52. The molecular formula is C18H21NO2. The van der Waals surface area contributed by atoms with Gasteiger partial charge >= 0.3 is 5.97 Å². The maximum atomic E-state index is 11.4. The van der Waals surface area contributed by atoms with Crippen LogP contribution in [0.4, 0.5) is 0 Å². The van der Waals surface area contributed by atoms with E-state index < -0.39 is 11.9 Å². The van der Waals surface area contributed by atoms with E-state index in [1.165, 1.54) is 11.1 Å². The van der Waals surface area contributed by atoms with Crippen molar-refractivity contribution in [3.05, 3.63) is 71.3 Å². The predicted molar refractivity (Wildman–Crippen MR) is 84.6 cm³/mol. The van der Waals surface area contributed by atoms with Crippen molar-refractivity contribution in [1.29, 1.82) is 0 Å². The molecule has 0 radical (unpaired) electrons. The van der Waals surface area contributed by atoms with E-state index in [4.69, 9.17) is 0 Å². The molecule has 21 heavy (non-hydrogen) atoms. The summed E-state index contributed by atoms with van der Waals surface area (Å²) in [5, 5.41) is 12.6. The van der Waals surface area contributed by atoms with Gasteiger partial charge in [-0.1, -0.05) is 60.2 Å². The van der Waals surface area contributed by atoms with Gasteiger partial charge in [0.05, 0.1) is 5.92 Å². The smallest absolute Gasteiger partial charge is 0.312 e. The Morgan fingerprint density at radius 3 is 2.57 bits per heavy atom.